The van der Waals surface area contributed by atoms with Gasteiger partial charge in [-0.1, -0.05) is 19.4 Å². The number of aromatic nitrogens is 2. The molecule has 4 nitrogen and oxygen atoms in total. The minimum absolute atomic E-state index is 0.342. The van der Waals surface area contributed by atoms with Crippen LogP contribution in [0.3, 0.4) is 0 Å². The minimum atomic E-state index is -0.513. The highest BCUT2D eigenvalue weighted by Crippen LogP contribution is 2.17. The van der Waals surface area contributed by atoms with Gasteiger partial charge in [0.1, 0.15) is 5.82 Å². The number of carbonyl (C=O) groups excluding carboxylic acids is 1. The highest BCUT2D eigenvalue weighted by molar-refractivity contribution is 5.93. The van der Waals surface area contributed by atoms with Gasteiger partial charge in [-0.15, -0.1) is 0 Å². The van der Waals surface area contributed by atoms with Crippen molar-refractivity contribution in [2.24, 2.45) is 5.73 Å². The molecule has 1 aromatic heterocycles. The lowest BCUT2D eigenvalue weighted by atomic mass is 10.1. The van der Waals surface area contributed by atoms with Crippen LogP contribution in [0.5, 0.6) is 0 Å². The van der Waals surface area contributed by atoms with E-state index in [1.54, 1.807) is 16.8 Å². The fourth-order valence-electron chi connectivity index (χ4n) is 1.89. The van der Waals surface area contributed by atoms with Crippen molar-refractivity contribution >= 4 is 5.91 Å². The smallest absolute Gasteiger partial charge is 0.252 e. The first-order valence-corrected chi connectivity index (χ1v) is 5.76. The van der Waals surface area contributed by atoms with Crippen molar-refractivity contribution in [3.63, 3.8) is 0 Å². The number of carbonyl (C=O) groups is 1. The maximum atomic E-state index is 13.2. The summed E-state index contributed by atoms with van der Waals surface area (Å²) in [7, 11) is 0. The van der Waals surface area contributed by atoms with Gasteiger partial charge < -0.3 is 5.73 Å². The Balaban J connectivity index is 2.54. The third-order valence-electron chi connectivity index (χ3n) is 2.67. The van der Waals surface area contributed by atoms with Crippen LogP contribution in [0.25, 0.3) is 5.69 Å². The molecule has 0 saturated carbocycles. The molecule has 0 bridgehead atoms. The second-order valence-corrected chi connectivity index (χ2v) is 4.01. The molecular formula is C13H14FN3O. The van der Waals surface area contributed by atoms with Crippen LogP contribution in [0.15, 0.2) is 30.5 Å². The molecule has 1 heterocycles. The predicted octanol–water partition coefficient (Wildman–Crippen LogP) is 2.06. The Bertz CT molecular complexity index is 577. The van der Waals surface area contributed by atoms with Crippen molar-refractivity contribution in [3.05, 3.63) is 47.5 Å². The lowest BCUT2D eigenvalue weighted by molar-refractivity contribution is 0.0999. The maximum absolute atomic E-state index is 13.2. The van der Waals surface area contributed by atoms with Gasteiger partial charge in [0.2, 0.25) is 0 Å². The molecule has 0 unspecified atom stereocenters. The minimum Gasteiger partial charge on any atom is -0.365 e. The van der Waals surface area contributed by atoms with Crippen LogP contribution in [-0.2, 0) is 6.42 Å². The van der Waals surface area contributed by atoms with Gasteiger partial charge >= 0.3 is 0 Å². The lowest BCUT2D eigenvalue weighted by Crippen LogP contribution is -2.14. The van der Waals surface area contributed by atoms with E-state index in [1.165, 1.54) is 18.3 Å². The second kappa shape index (κ2) is 5.00. The zero-order valence-corrected chi connectivity index (χ0v) is 10.1. The molecule has 0 fully saturated rings. The molecule has 0 aliphatic carbocycles. The van der Waals surface area contributed by atoms with Crippen LogP contribution in [-0.4, -0.2) is 15.7 Å². The second-order valence-electron chi connectivity index (χ2n) is 4.01. The molecule has 18 heavy (non-hydrogen) atoms. The predicted molar refractivity (Wildman–Crippen MR) is 66.0 cm³/mol. The number of benzene rings is 1. The third-order valence-corrected chi connectivity index (χ3v) is 2.67. The molecule has 0 aliphatic heterocycles. The van der Waals surface area contributed by atoms with Crippen molar-refractivity contribution in [2.75, 3.05) is 0 Å². The molecule has 0 saturated heterocycles. The molecule has 2 aromatic rings. The van der Waals surface area contributed by atoms with Gasteiger partial charge in [0, 0.05) is 0 Å². The SMILES string of the molecule is CCCc1c(C(N)=O)cnn1-c1cccc(F)c1. The number of nitrogens with two attached hydrogens (primary N) is 1. The van der Waals surface area contributed by atoms with Crippen molar-refractivity contribution < 1.29 is 9.18 Å². The molecule has 2 rings (SSSR count). The number of nitrogens with zero attached hydrogens (tertiary/aromatic N) is 2. The van der Waals surface area contributed by atoms with Gasteiger partial charge in [0.05, 0.1) is 23.1 Å². The van der Waals surface area contributed by atoms with Crippen LogP contribution >= 0.6 is 0 Å². The molecule has 0 spiro atoms. The first-order chi connectivity index (χ1) is 8.63. The molecular weight excluding hydrogens is 233 g/mol. The summed E-state index contributed by atoms with van der Waals surface area (Å²) in [6, 6.07) is 6.07. The molecule has 0 radical (unpaired) electrons. The Hall–Kier alpha value is -2.17. The van der Waals surface area contributed by atoms with E-state index in [2.05, 4.69) is 5.10 Å². The number of rotatable bonds is 4. The van der Waals surface area contributed by atoms with E-state index < -0.39 is 5.91 Å². The third kappa shape index (κ3) is 2.25. The molecule has 5 heteroatoms. The summed E-state index contributed by atoms with van der Waals surface area (Å²) in [5.41, 5.74) is 7.00. The number of hydrogen-bond acceptors (Lipinski definition) is 2. The van der Waals surface area contributed by atoms with E-state index in [9.17, 15) is 9.18 Å². The van der Waals surface area contributed by atoms with Crippen LogP contribution in [0.1, 0.15) is 29.4 Å². The molecule has 2 N–H and O–H groups in total. The van der Waals surface area contributed by atoms with E-state index in [0.29, 0.717) is 17.7 Å². The van der Waals surface area contributed by atoms with Crippen LogP contribution in [0, 0.1) is 5.82 Å². The largest absolute Gasteiger partial charge is 0.365 e. The number of amides is 1. The number of primary amides is 1. The van der Waals surface area contributed by atoms with Gasteiger partial charge in [-0.25, -0.2) is 9.07 Å². The van der Waals surface area contributed by atoms with E-state index in [-0.39, 0.29) is 5.82 Å². The fraction of sp³-hybridized carbons (Fsp3) is 0.231. The van der Waals surface area contributed by atoms with Crippen molar-refractivity contribution in [1.82, 2.24) is 9.78 Å². The first kappa shape index (κ1) is 12.3. The summed E-state index contributed by atoms with van der Waals surface area (Å²) in [4.78, 5) is 11.3. The van der Waals surface area contributed by atoms with Crippen LogP contribution < -0.4 is 5.73 Å². The number of hydrogen-bond donors (Lipinski definition) is 1. The van der Waals surface area contributed by atoms with Crippen molar-refractivity contribution in [2.45, 2.75) is 19.8 Å². The highest BCUT2D eigenvalue weighted by atomic mass is 19.1. The molecule has 0 aliphatic rings. The standard InChI is InChI=1S/C13H14FN3O/c1-2-4-12-11(13(15)18)8-16-17(12)10-6-3-5-9(14)7-10/h3,5-8H,2,4H2,1H3,(H2,15,18). The quantitative estimate of drug-likeness (QED) is 0.899. The van der Waals surface area contributed by atoms with Gasteiger partial charge in [-0.3, -0.25) is 4.79 Å². The van der Waals surface area contributed by atoms with Gasteiger partial charge in [0.25, 0.3) is 5.91 Å². The summed E-state index contributed by atoms with van der Waals surface area (Å²) in [5, 5.41) is 4.12. The summed E-state index contributed by atoms with van der Waals surface area (Å²) in [6.45, 7) is 1.99. The van der Waals surface area contributed by atoms with E-state index >= 15 is 0 Å². The van der Waals surface area contributed by atoms with Gasteiger partial charge in [-0.2, -0.15) is 5.10 Å². The maximum Gasteiger partial charge on any atom is 0.252 e. The summed E-state index contributed by atoms with van der Waals surface area (Å²) >= 11 is 0. The Kier molecular flexibility index (Phi) is 3.41. The summed E-state index contributed by atoms with van der Waals surface area (Å²) in [5.74, 6) is -0.854. The van der Waals surface area contributed by atoms with E-state index in [4.69, 9.17) is 5.73 Å². The van der Waals surface area contributed by atoms with Crippen LogP contribution in [0.2, 0.25) is 0 Å². The van der Waals surface area contributed by atoms with E-state index in [1.807, 2.05) is 6.92 Å². The first-order valence-electron chi connectivity index (χ1n) is 5.76. The Morgan fingerprint density at radius 2 is 2.28 bits per heavy atom. The molecule has 1 amide bonds. The molecule has 0 atom stereocenters. The normalized spacial score (nSPS) is 10.6. The Morgan fingerprint density at radius 3 is 2.89 bits per heavy atom. The number of halogens is 1. The van der Waals surface area contributed by atoms with Crippen LogP contribution in [0.4, 0.5) is 4.39 Å². The zero-order valence-electron chi connectivity index (χ0n) is 10.1. The van der Waals surface area contributed by atoms with Gasteiger partial charge in [-0.05, 0) is 24.6 Å². The lowest BCUT2D eigenvalue weighted by Gasteiger charge is -2.07. The monoisotopic (exact) mass is 247 g/mol. The summed E-state index contributed by atoms with van der Waals surface area (Å²) in [6.07, 6.45) is 2.94. The average molecular weight is 247 g/mol. The Labute approximate surface area is 104 Å². The average Bonchev–Trinajstić information content (AvgIpc) is 2.73. The topological polar surface area (TPSA) is 60.9 Å². The van der Waals surface area contributed by atoms with Gasteiger partial charge in [0.15, 0.2) is 0 Å². The van der Waals surface area contributed by atoms with E-state index in [0.717, 1.165) is 12.1 Å². The fourth-order valence-corrected chi connectivity index (χ4v) is 1.89. The Morgan fingerprint density at radius 1 is 1.50 bits per heavy atom. The van der Waals surface area contributed by atoms with Crippen molar-refractivity contribution in [1.29, 1.82) is 0 Å². The molecule has 94 valence electrons. The molecule has 1 aromatic carbocycles. The zero-order chi connectivity index (χ0) is 13.1. The highest BCUT2D eigenvalue weighted by Gasteiger charge is 2.15. The summed E-state index contributed by atoms with van der Waals surface area (Å²) < 4.78 is 14.8. The van der Waals surface area contributed by atoms with Crippen molar-refractivity contribution in [3.8, 4) is 5.69 Å².